The predicted molar refractivity (Wildman–Crippen MR) is 90.5 cm³/mol. The molecule has 3 rings (SSSR count). The van der Waals surface area contributed by atoms with E-state index in [0.717, 1.165) is 10.0 Å². The highest BCUT2D eigenvalue weighted by Gasteiger charge is 2.16. The fourth-order valence-electron chi connectivity index (χ4n) is 2.19. The minimum absolute atomic E-state index is 0.0277. The minimum atomic E-state index is -3.94. The first-order chi connectivity index (χ1) is 10.9. The van der Waals surface area contributed by atoms with Gasteiger partial charge in [0.1, 0.15) is 0 Å². The third-order valence-electron chi connectivity index (χ3n) is 3.36. The van der Waals surface area contributed by atoms with E-state index in [1.165, 1.54) is 12.1 Å². The molecule has 0 unspecified atom stereocenters. The van der Waals surface area contributed by atoms with E-state index in [1.807, 2.05) is 13.0 Å². The lowest BCUT2D eigenvalue weighted by molar-refractivity contribution is 0.459. The largest absolute Gasteiger partial charge is 0.493 e. The Morgan fingerprint density at radius 1 is 1.13 bits per heavy atom. The number of nitrogens with one attached hydrogen (secondary N) is 1. The van der Waals surface area contributed by atoms with Crippen LogP contribution in [0.3, 0.4) is 0 Å². The Balaban J connectivity index is 2.05. The van der Waals surface area contributed by atoms with Gasteiger partial charge in [0, 0.05) is 9.86 Å². The van der Waals surface area contributed by atoms with Crippen LogP contribution in [0.2, 0.25) is 0 Å². The molecule has 0 atom stereocenters. The van der Waals surface area contributed by atoms with Crippen molar-refractivity contribution in [3.05, 3.63) is 52.5 Å². The number of aromatic amines is 1. The van der Waals surface area contributed by atoms with E-state index in [4.69, 9.17) is 0 Å². The maximum atomic E-state index is 12.2. The van der Waals surface area contributed by atoms with Crippen molar-refractivity contribution in [2.24, 2.45) is 9.63 Å². The number of sulfonamides is 1. The van der Waals surface area contributed by atoms with Gasteiger partial charge in [-0.25, -0.2) is 0 Å². The quantitative estimate of drug-likeness (QED) is 0.644. The molecule has 8 heteroatoms. The Kier molecular flexibility index (Phi) is 3.95. The maximum absolute atomic E-state index is 12.2. The first kappa shape index (κ1) is 15.7. The van der Waals surface area contributed by atoms with E-state index in [0.29, 0.717) is 10.9 Å². The molecule has 0 radical (unpaired) electrons. The molecule has 0 aliphatic rings. The lowest BCUT2D eigenvalue weighted by Gasteiger charge is -1.98. The number of nitrogens with zero attached hydrogens (tertiary/aromatic N) is 2. The fourth-order valence-corrected chi connectivity index (χ4v) is 3.21. The molecular weight excluding hydrogens is 382 g/mol. The Bertz CT molecular complexity index is 1010. The van der Waals surface area contributed by atoms with Crippen LogP contribution in [0.15, 0.2) is 61.5 Å². The third kappa shape index (κ3) is 2.99. The van der Waals surface area contributed by atoms with Crippen molar-refractivity contribution in [2.45, 2.75) is 11.8 Å². The number of aryl methyl sites for hydroxylation is 1. The van der Waals surface area contributed by atoms with Crippen LogP contribution in [0, 0.1) is 6.92 Å². The second-order valence-electron chi connectivity index (χ2n) is 4.93. The molecule has 0 saturated heterocycles. The highest BCUT2D eigenvalue weighted by Crippen LogP contribution is 2.37. The molecule has 0 bridgehead atoms. The Hall–Kier alpha value is -2.19. The van der Waals surface area contributed by atoms with E-state index in [1.54, 1.807) is 24.3 Å². The van der Waals surface area contributed by atoms with Gasteiger partial charge < -0.3 is 10.1 Å². The molecule has 23 heavy (non-hydrogen) atoms. The molecule has 0 saturated carbocycles. The summed E-state index contributed by atoms with van der Waals surface area (Å²) in [7, 11) is -3.94. The van der Waals surface area contributed by atoms with E-state index < -0.39 is 10.0 Å². The predicted octanol–water partition coefficient (Wildman–Crippen LogP) is 4.42. The number of benzene rings is 2. The van der Waals surface area contributed by atoms with Gasteiger partial charge in [-0.1, -0.05) is 38.6 Å². The van der Waals surface area contributed by atoms with Crippen molar-refractivity contribution in [3.63, 3.8) is 0 Å². The van der Waals surface area contributed by atoms with Gasteiger partial charge in [-0.2, -0.15) is 8.42 Å². The second-order valence-corrected chi connectivity index (χ2v) is 7.43. The van der Waals surface area contributed by atoms with Gasteiger partial charge in [0.05, 0.1) is 10.4 Å². The average Bonchev–Trinajstić information content (AvgIpc) is 2.83. The highest BCUT2D eigenvalue weighted by molar-refractivity contribution is 9.10. The van der Waals surface area contributed by atoms with Gasteiger partial charge >= 0.3 is 0 Å². The van der Waals surface area contributed by atoms with Gasteiger partial charge in [-0.15, -0.1) is 5.11 Å². The first-order valence-corrected chi connectivity index (χ1v) is 8.85. The number of hydrogen-bond donors (Lipinski definition) is 2. The summed E-state index contributed by atoms with van der Waals surface area (Å²) in [5, 5.41) is 14.3. The minimum Gasteiger partial charge on any atom is -0.493 e. The molecule has 0 aliphatic heterocycles. The first-order valence-electron chi connectivity index (χ1n) is 6.62. The number of aromatic nitrogens is 1. The van der Waals surface area contributed by atoms with Gasteiger partial charge in [0.15, 0.2) is 5.69 Å². The van der Waals surface area contributed by atoms with Crippen LogP contribution in [-0.4, -0.2) is 18.5 Å². The standard InChI is InChI=1S/C15H12BrN3O3S/c1-9-3-2-4-12-13(9)17-15(20)14(12)18-19-23(21,22)11-7-5-10(16)6-8-11/h2-8,17,20H,1H3. The van der Waals surface area contributed by atoms with Crippen molar-refractivity contribution in [2.75, 3.05) is 0 Å². The monoisotopic (exact) mass is 393 g/mol. The normalized spacial score (nSPS) is 12.3. The summed E-state index contributed by atoms with van der Waals surface area (Å²) in [4.78, 5) is 2.81. The van der Waals surface area contributed by atoms with Crippen molar-refractivity contribution in [1.29, 1.82) is 0 Å². The Labute approximate surface area is 141 Å². The fraction of sp³-hybridized carbons (Fsp3) is 0.0667. The van der Waals surface area contributed by atoms with Crippen molar-refractivity contribution in [1.82, 2.24) is 4.98 Å². The van der Waals surface area contributed by atoms with Crippen LogP contribution in [-0.2, 0) is 10.0 Å². The summed E-state index contributed by atoms with van der Waals surface area (Å²) in [5.74, 6) is -0.218. The molecule has 0 aliphatic carbocycles. The number of fused-ring (bicyclic) bond motifs is 1. The van der Waals surface area contributed by atoms with Gasteiger partial charge in [0.2, 0.25) is 5.88 Å². The number of aromatic hydroxyl groups is 1. The molecule has 1 heterocycles. The van der Waals surface area contributed by atoms with Crippen LogP contribution >= 0.6 is 15.9 Å². The lowest BCUT2D eigenvalue weighted by atomic mass is 10.1. The molecule has 6 nitrogen and oxygen atoms in total. The highest BCUT2D eigenvalue weighted by atomic mass is 79.9. The molecule has 0 spiro atoms. The summed E-state index contributed by atoms with van der Waals surface area (Å²) < 4.78 is 28.6. The number of H-pyrrole nitrogens is 1. The van der Waals surface area contributed by atoms with Crippen LogP contribution in [0.1, 0.15) is 5.56 Å². The van der Waals surface area contributed by atoms with Crippen molar-refractivity contribution >= 4 is 42.5 Å². The van der Waals surface area contributed by atoms with Crippen molar-refractivity contribution in [3.8, 4) is 5.88 Å². The van der Waals surface area contributed by atoms with Crippen LogP contribution in [0.5, 0.6) is 5.88 Å². The number of para-hydroxylation sites is 1. The van der Waals surface area contributed by atoms with Gasteiger partial charge in [-0.3, -0.25) is 0 Å². The van der Waals surface area contributed by atoms with E-state index in [2.05, 4.69) is 30.5 Å². The van der Waals surface area contributed by atoms with Crippen LogP contribution < -0.4 is 0 Å². The summed E-state index contributed by atoms with van der Waals surface area (Å²) >= 11 is 3.24. The van der Waals surface area contributed by atoms with Gasteiger partial charge in [-0.05, 0) is 36.8 Å². The van der Waals surface area contributed by atoms with E-state index in [-0.39, 0.29) is 16.5 Å². The molecule has 3 aromatic rings. The summed E-state index contributed by atoms with van der Waals surface area (Å²) in [5.41, 5.74) is 1.71. The molecular formula is C15H12BrN3O3S. The molecule has 1 aromatic heterocycles. The zero-order chi connectivity index (χ0) is 16.6. The maximum Gasteiger partial charge on any atom is 0.299 e. The topological polar surface area (TPSA) is 94.9 Å². The van der Waals surface area contributed by atoms with Crippen molar-refractivity contribution < 1.29 is 13.5 Å². The van der Waals surface area contributed by atoms with Crippen LogP contribution in [0.4, 0.5) is 5.69 Å². The zero-order valence-electron chi connectivity index (χ0n) is 12.0. The van der Waals surface area contributed by atoms with Gasteiger partial charge in [0.25, 0.3) is 10.0 Å². The third-order valence-corrected chi connectivity index (χ3v) is 5.05. The molecule has 118 valence electrons. The molecule has 2 aromatic carbocycles. The SMILES string of the molecule is Cc1cccc2c(N=NS(=O)(=O)c3ccc(Br)cc3)c(O)[nH]c12. The zero-order valence-corrected chi connectivity index (χ0v) is 14.4. The molecule has 2 N–H and O–H groups in total. The molecule has 0 amide bonds. The summed E-state index contributed by atoms with van der Waals surface area (Å²) in [6, 6.07) is 11.5. The molecule has 0 fully saturated rings. The Morgan fingerprint density at radius 2 is 1.83 bits per heavy atom. The summed E-state index contributed by atoms with van der Waals surface area (Å²) in [6.45, 7) is 1.87. The van der Waals surface area contributed by atoms with E-state index in [9.17, 15) is 13.5 Å². The van der Waals surface area contributed by atoms with E-state index >= 15 is 0 Å². The number of rotatable bonds is 3. The number of hydrogen-bond acceptors (Lipinski definition) is 4. The smallest absolute Gasteiger partial charge is 0.299 e. The summed E-state index contributed by atoms with van der Waals surface area (Å²) in [6.07, 6.45) is 0. The Morgan fingerprint density at radius 3 is 2.52 bits per heavy atom. The average molecular weight is 394 g/mol. The number of halogens is 1. The lowest BCUT2D eigenvalue weighted by Crippen LogP contribution is -1.94. The second kappa shape index (κ2) is 5.78. The van der Waals surface area contributed by atoms with Crippen LogP contribution in [0.25, 0.3) is 10.9 Å².